The lowest BCUT2D eigenvalue weighted by Crippen LogP contribution is -2.08. The predicted octanol–water partition coefficient (Wildman–Crippen LogP) is 2.45. The van der Waals surface area contributed by atoms with Crippen LogP contribution in [-0.4, -0.2) is 28.5 Å². The fourth-order valence-corrected chi connectivity index (χ4v) is 2.12. The summed E-state index contributed by atoms with van der Waals surface area (Å²) in [4.78, 5) is 18.2. The van der Waals surface area contributed by atoms with Crippen LogP contribution in [0.2, 0.25) is 0 Å². The second kappa shape index (κ2) is 6.29. The Morgan fingerprint density at radius 3 is 2.95 bits per heavy atom. The summed E-state index contributed by atoms with van der Waals surface area (Å²) in [7, 11) is 1.92. The van der Waals surface area contributed by atoms with E-state index in [9.17, 15) is 10.1 Å². The van der Waals surface area contributed by atoms with Crippen molar-refractivity contribution in [3.8, 4) is 11.3 Å². The van der Waals surface area contributed by atoms with Crippen molar-refractivity contribution in [3.05, 3.63) is 45.9 Å². The van der Waals surface area contributed by atoms with Crippen molar-refractivity contribution in [1.29, 1.82) is 0 Å². The molecule has 0 aliphatic rings. The molecule has 0 bridgehead atoms. The molecular weight excluding hydrogens is 256 g/mol. The second-order valence-electron chi connectivity index (χ2n) is 4.67. The van der Waals surface area contributed by atoms with Gasteiger partial charge in [0.15, 0.2) is 0 Å². The number of hydrogen-bond acceptors (Lipinski definition) is 4. The first-order valence-electron chi connectivity index (χ1n) is 6.56. The van der Waals surface area contributed by atoms with Crippen LogP contribution in [0.4, 0.5) is 5.69 Å². The predicted molar refractivity (Wildman–Crippen MR) is 77.7 cm³/mol. The van der Waals surface area contributed by atoms with Gasteiger partial charge in [0.25, 0.3) is 5.69 Å². The van der Waals surface area contributed by atoms with Crippen molar-refractivity contribution >= 4 is 5.69 Å². The van der Waals surface area contributed by atoms with Gasteiger partial charge in [-0.25, -0.2) is 4.98 Å². The molecule has 0 saturated heterocycles. The Hall–Kier alpha value is -2.21. The third-order valence-electron chi connectivity index (χ3n) is 3.10. The van der Waals surface area contributed by atoms with E-state index >= 15 is 0 Å². The summed E-state index contributed by atoms with van der Waals surface area (Å²) in [5.41, 5.74) is 2.58. The van der Waals surface area contributed by atoms with Gasteiger partial charge < -0.3 is 10.3 Å². The van der Waals surface area contributed by atoms with E-state index in [1.54, 1.807) is 12.1 Å². The summed E-state index contributed by atoms with van der Waals surface area (Å²) in [6.07, 6.45) is 1.86. The van der Waals surface area contributed by atoms with E-state index in [4.69, 9.17) is 0 Å². The average molecular weight is 274 g/mol. The van der Waals surface area contributed by atoms with Crippen LogP contribution in [0, 0.1) is 17.0 Å². The molecule has 0 radical (unpaired) electrons. The van der Waals surface area contributed by atoms with E-state index in [0.29, 0.717) is 0 Å². The first-order chi connectivity index (χ1) is 9.61. The number of non-ortho nitro benzene ring substituents is 1. The Kier molecular flexibility index (Phi) is 4.47. The minimum atomic E-state index is -0.390. The van der Waals surface area contributed by atoms with Crippen LogP contribution in [0.5, 0.6) is 0 Å². The fourth-order valence-electron chi connectivity index (χ4n) is 2.12. The first-order valence-corrected chi connectivity index (χ1v) is 6.56. The van der Waals surface area contributed by atoms with Crippen molar-refractivity contribution in [2.45, 2.75) is 19.8 Å². The van der Waals surface area contributed by atoms with E-state index in [1.807, 2.05) is 20.0 Å². The van der Waals surface area contributed by atoms with E-state index < -0.39 is 0 Å². The van der Waals surface area contributed by atoms with Gasteiger partial charge in [-0.2, -0.15) is 0 Å². The largest absolute Gasteiger partial charge is 0.346 e. The molecule has 0 aliphatic heterocycles. The standard InChI is InChI=1S/C14H18N4O2/c1-10-14(17-13(16-10)7-4-8-15-2)11-5-3-6-12(9-11)18(19)20/h3,5-6,9,15H,4,7-8H2,1-2H3,(H,16,17). The van der Waals surface area contributed by atoms with E-state index in [1.165, 1.54) is 6.07 Å². The van der Waals surface area contributed by atoms with Crippen LogP contribution in [0.1, 0.15) is 17.9 Å². The highest BCUT2D eigenvalue weighted by atomic mass is 16.6. The minimum absolute atomic E-state index is 0.0848. The van der Waals surface area contributed by atoms with Gasteiger partial charge in [-0.05, 0) is 26.9 Å². The van der Waals surface area contributed by atoms with Crippen molar-refractivity contribution < 1.29 is 4.92 Å². The number of nitrogens with zero attached hydrogens (tertiary/aromatic N) is 2. The quantitative estimate of drug-likeness (QED) is 0.481. The summed E-state index contributed by atoms with van der Waals surface area (Å²) in [6, 6.07) is 6.57. The molecule has 2 aromatic rings. The Balaban J connectivity index is 2.24. The number of aryl methyl sites for hydroxylation is 2. The molecule has 6 heteroatoms. The minimum Gasteiger partial charge on any atom is -0.346 e. The summed E-state index contributed by atoms with van der Waals surface area (Å²) >= 11 is 0. The number of aromatic amines is 1. The normalized spacial score (nSPS) is 10.7. The van der Waals surface area contributed by atoms with E-state index in [-0.39, 0.29) is 10.6 Å². The Morgan fingerprint density at radius 1 is 1.45 bits per heavy atom. The van der Waals surface area contributed by atoms with Crippen molar-refractivity contribution in [1.82, 2.24) is 15.3 Å². The molecule has 2 rings (SSSR count). The SMILES string of the molecule is CNCCCc1nc(-c2cccc([N+](=O)[O-])c2)c(C)[nH]1. The van der Waals surface area contributed by atoms with Gasteiger partial charge in [0.1, 0.15) is 5.82 Å². The van der Waals surface area contributed by atoms with Gasteiger partial charge in [0.05, 0.1) is 10.6 Å². The Morgan fingerprint density at radius 2 is 2.25 bits per heavy atom. The average Bonchev–Trinajstić information content (AvgIpc) is 2.80. The smallest absolute Gasteiger partial charge is 0.270 e. The molecule has 2 N–H and O–H groups in total. The highest BCUT2D eigenvalue weighted by molar-refractivity contribution is 5.64. The van der Waals surface area contributed by atoms with Gasteiger partial charge in [0, 0.05) is 29.8 Å². The van der Waals surface area contributed by atoms with E-state index in [2.05, 4.69) is 15.3 Å². The maximum atomic E-state index is 10.8. The zero-order chi connectivity index (χ0) is 14.5. The number of benzene rings is 1. The van der Waals surface area contributed by atoms with Crippen LogP contribution in [0.15, 0.2) is 24.3 Å². The van der Waals surface area contributed by atoms with E-state index in [0.717, 1.165) is 42.2 Å². The first kappa shape index (κ1) is 14.2. The molecule has 0 aliphatic carbocycles. The molecular formula is C14H18N4O2. The fraction of sp³-hybridized carbons (Fsp3) is 0.357. The van der Waals surface area contributed by atoms with Gasteiger partial charge in [-0.15, -0.1) is 0 Å². The molecule has 106 valence electrons. The number of nitro benzene ring substituents is 1. The number of hydrogen-bond donors (Lipinski definition) is 2. The van der Waals surface area contributed by atoms with Crippen molar-refractivity contribution in [2.75, 3.05) is 13.6 Å². The lowest BCUT2D eigenvalue weighted by molar-refractivity contribution is -0.384. The maximum absolute atomic E-state index is 10.8. The number of aromatic nitrogens is 2. The molecule has 0 unspecified atom stereocenters. The Labute approximate surface area is 117 Å². The summed E-state index contributed by atoms with van der Waals surface area (Å²) in [5.74, 6) is 0.916. The molecule has 0 atom stereocenters. The lowest BCUT2D eigenvalue weighted by Gasteiger charge is -1.98. The number of imidazole rings is 1. The number of rotatable bonds is 6. The molecule has 1 aromatic heterocycles. The van der Waals surface area contributed by atoms with Crippen LogP contribution in [-0.2, 0) is 6.42 Å². The summed E-state index contributed by atoms with van der Waals surface area (Å²) in [5, 5.41) is 13.9. The highest BCUT2D eigenvalue weighted by Crippen LogP contribution is 2.25. The van der Waals surface area contributed by atoms with Crippen LogP contribution >= 0.6 is 0 Å². The summed E-state index contributed by atoms with van der Waals surface area (Å²) < 4.78 is 0. The van der Waals surface area contributed by atoms with Crippen LogP contribution in [0.3, 0.4) is 0 Å². The molecule has 1 heterocycles. The van der Waals surface area contributed by atoms with Crippen LogP contribution in [0.25, 0.3) is 11.3 Å². The van der Waals surface area contributed by atoms with Gasteiger partial charge >= 0.3 is 0 Å². The molecule has 20 heavy (non-hydrogen) atoms. The second-order valence-corrected chi connectivity index (χ2v) is 4.67. The van der Waals surface area contributed by atoms with Gasteiger partial charge in [-0.3, -0.25) is 10.1 Å². The topological polar surface area (TPSA) is 83.8 Å². The highest BCUT2D eigenvalue weighted by Gasteiger charge is 2.12. The maximum Gasteiger partial charge on any atom is 0.270 e. The number of nitro groups is 1. The molecule has 0 fully saturated rings. The molecule has 0 spiro atoms. The van der Waals surface area contributed by atoms with Crippen molar-refractivity contribution in [3.63, 3.8) is 0 Å². The molecule has 6 nitrogen and oxygen atoms in total. The van der Waals surface area contributed by atoms with Gasteiger partial charge in [0.2, 0.25) is 0 Å². The number of nitrogens with one attached hydrogen (secondary N) is 2. The third kappa shape index (κ3) is 3.21. The lowest BCUT2D eigenvalue weighted by atomic mass is 10.1. The molecule has 0 amide bonds. The number of H-pyrrole nitrogens is 1. The Bertz CT molecular complexity index is 607. The zero-order valence-corrected chi connectivity index (χ0v) is 11.6. The molecule has 1 aromatic carbocycles. The van der Waals surface area contributed by atoms with Crippen LogP contribution < -0.4 is 5.32 Å². The monoisotopic (exact) mass is 274 g/mol. The molecule has 0 saturated carbocycles. The zero-order valence-electron chi connectivity index (χ0n) is 11.6. The third-order valence-corrected chi connectivity index (χ3v) is 3.10. The van der Waals surface area contributed by atoms with Crippen molar-refractivity contribution in [2.24, 2.45) is 0 Å². The summed E-state index contributed by atoms with van der Waals surface area (Å²) in [6.45, 7) is 2.87. The van der Waals surface area contributed by atoms with Gasteiger partial charge in [-0.1, -0.05) is 12.1 Å².